The Hall–Kier alpha value is -3.35. The maximum atomic E-state index is 14.1. The van der Waals surface area contributed by atoms with Crippen LogP contribution in [0.3, 0.4) is 0 Å². The number of carbonyl (C=O) groups is 1. The number of rotatable bonds is 1. The first kappa shape index (κ1) is 16.6. The number of H-pyrrole nitrogens is 1. The third-order valence-electron chi connectivity index (χ3n) is 6.24. The second kappa shape index (κ2) is 5.83. The highest BCUT2D eigenvalue weighted by molar-refractivity contribution is 6.02. The molecule has 3 aromatic rings. The second-order valence-electron chi connectivity index (χ2n) is 7.89. The summed E-state index contributed by atoms with van der Waals surface area (Å²) in [4.78, 5) is 23.8. The zero-order chi connectivity index (χ0) is 19.7. The maximum absolute atomic E-state index is 14.1. The summed E-state index contributed by atoms with van der Waals surface area (Å²) in [6.45, 7) is 1.67. The summed E-state index contributed by atoms with van der Waals surface area (Å²) in [7, 11) is 2.03. The largest absolute Gasteiger partial charge is 0.447 e. The first-order valence-corrected chi connectivity index (χ1v) is 9.73. The van der Waals surface area contributed by atoms with Crippen molar-refractivity contribution in [3.05, 3.63) is 53.6 Å². The molecule has 3 aliphatic rings. The number of hydrogen-bond acceptors (Lipinski definition) is 4. The molecule has 0 aliphatic carbocycles. The standard InChI is InChI=1S/C22H19FN4O2/c1-26-10-17-19-15(16-9-13(23)2-3-18(16)26)4-6-24-21(19)25-20(17)12-5-7-27-14(8-12)11-29-22(27)28/h2-6,9,14H,7-8,10-11H2,1H3,(H,24,25)/t14-/m1/s1. The van der Waals surface area contributed by atoms with Crippen molar-refractivity contribution in [3.63, 3.8) is 0 Å². The molecule has 6 nitrogen and oxygen atoms in total. The lowest BCUT2D eigenvalue weighted by atomic mass is 9.95. The van der Waals surface area contributed by atoms with Gasteiger partial charge >= 0.3 is 6.09 Å². The van der Waals surface area contributed by atoms with E-state index in [1.807, 2.05) is 19.2 Å². The van der Waals surface area contributed by atoms with Crippen LogP contribution in [0.5, 0.6) is 0 Å². The number of halogens is 1. The number of nitrogens with one attached hydrogen (secondary N) is 1. The molecule has 6 rings (SSSR count). The Kier molecular flexibility index (Phi) is 3.33. The molecule has 2 aromatic heterocycles. The number of carbonyl (C=O) groups excluding carboxylic acids is 1. The molecule has 29 heavy (non-hydrogen) atoms. The zero-order valence-corrected chi connectivity index (χ0v) is 15.9. The molecule has 1 atom stereocenters. The Morgan fingerprint density at radius 3 is 3.07 bits per heavy atom. The summed E-state index contributed by atoms with van der Waals surface area (Å²) in [5, 5.41) is 1.04. The fourth-order valence-corrected chi connectivity index (χ4v) is 4.85. The van der Waals surface area contributed by atoms with Crippen LogP contribution < -0.4 is 4.90 Å². The van der Waals surface area contributed by atoms with Gasteiger partial charge in [-0.15, -0.1) is 0 Å². The fraction of sp³-hybridized carbons (Fsp3) is 0.273. The molecule has 0 spiro atoms. The smallest absolute Gasteiger partial charge is 0.410 e. The van der Waals surface area contributed by atoms with Gasteiger partial charge in [0.1, 0.15) is 18.1 Å². The Balaban J connectivity index is 1.55. The van der Waals surface area contributed by atoms with E-state index in [0.29, 0.717) is 19.7 Å². The number of aromatic nitrogens is 2. The van der Waals surface area contributed by atoms with Gasteiger partial charge in [-0.3, -0.25) is 4.90 Å². The number of aromatic amines is 1. The predicted molar refractivity (Wildman–Crippen MR) is 108 cm³/mol. The lowest BCUT2D eigenvalue weighted by Crippen LogP contribution is -2.36. The highest BCUT2D eigenvalue weighted by Crippen LogP contribution is 2.43. The van der Waals surface area contributed by atoms with E-state index >= 15 is 0 Å². The van der Waals surface area contributed by atoms with Gasteiger partial charge in [0.25, 0.3) is 0 Å². The first-order valence-electron chi connectivity index (χ1n) is 9.73. The quantitative estimate of drug-likeness (QED) is 0.684. The Labute approximate surface area is 166 Å². The fourth-order valence-electron chi connectivity index (χ4n) is 4.85. The van der Waals surface area contributed by atoms with Crippen LogP contribution >= 0.6 is 0 Å². The molecule has 1 amide bonds. The molecule has 0 saturated carbocycles. The van der Waals surface area contributed by atoms with E-state index in [1.54, 1.807) is 17.2 Å². The summed E-state index contributed by atoms with van der Waals surface area (Å²) in [6, 6.07) is 6.98. The van der Waals surface area contributed by atoms with Crippen LogP contribution in [0.2, 0.25) is 0 Å². The normalized spacial score (nSPS) is 20.3. The van der Waals surface area contributed by atoms with Gasteiger partial charge in [-0.2, -0.15) is 0 Å². The molecule has 1 saturated heterocycles. The lowest BCUT2D eigenvalue weighted by molar-refractivity contribution is 0.160. The minimum absolute atomic E-state index is 0.0725. The van der Waals surface area contributed by atoms with Crippen LogP contribution in [-0.2, 0) is 11.3 Å². The molecule has 0 unspecified atom stereocenters. The number of nitrogens with zero attached hydrogens (tertiary/aromatic N) is 3. The molecule has 1 fully saturated rings. The van der Waals surface area contributed by atoms with Crippen LogP contribution in [0.15, 0.2) is 36.5 Å². The molecule has 5 heterocycles. The van der Waals surface area contributed by atoms with E-state index in [9.17, 15) is 9.18 Å². The van der Waals surface area contributed by atoms with Gasteiger partial charge in [0.2, 0.25) is 0 Å². The average molecular weight is 390 g/mol. The number of pyridine rings is 1. The van der Waals surface area contributed by atoms with Crippen LogP contribution in [0, 0.1) is 5.82 Å². The molecule has 0 radical (unpaired) electrons. The number of anilines is 1. The Bertz CT molecular complexity index is 1210. The van der Waals surface area contributed by atoms with Gasteiger partial charge in [0.05, 0.1) is 6.04 Å². The predicted octanol–water partition coefficient (Wildman–Crippen LogP) is 3.93. The van der Waals surface area contributed by atoms with E-state index in [2.05, 4.69) is 20.9 Å². The van der Waals surface area contributed by atoms with Gasteiger partial charge in [-0.05, 0) is 41.8 Å². The Morgan fingerprint density at radius 1 is 1.28 bits per heavy atom. The van der Waals surface area contributed by atoms with Crippen molar-refractivity contribution >= 4 is 28.4 Å². The molecule has 0 bridgehead atoms. The number of ether oxygens (including phenoxy) is 1. The molecular weight excluding hydrogens is 371 g/mol. The maximum Gasteiger partial charge on any atom is 0.410 e. The topological polar surface area (TPSA) is 61.5 Å². The van der Waals surface area contributed by atoms with Crippen molar-refractivity contribution in [1.82, 2.24) is 14.9 Å². The number of fused-ring (bicyclic) bond motifs is 3. The number of benzene rings is 1. The summed E-state index contributed by atoms with van der Waals surface area (Å²) in [6.07, 6.45) is 4.37. The van der Waals surface area contributed by atoms with Gasteiger partial charge in [0, 0.05) is 54.2 Å². The molecule has 1 N–H and O–H groups in total. The zero-order valence-electron chi connectivity index (χ0n) is 15.9. The SMILES string of the molecule is CN1Cc2c(C3=CCN4C(=O)OC[C@H]4C3)[nH]c3nccc(c23)-c2cc(F)ccc21. The van der Waals surface area contributed by atoms with Crippen LogP contribution in [0.1, 0.15) is 17.7 Å². The number of amides is 1. The van der Waals surface area contributed by atoms with Crippen molar-refractivity contribution in [1.29, 1.82) is 0 Å². The first-order chi connectivity index (χ1) is 14.1. The minimum Gasteiger partial charge on any atom is -0.447 e. The van der Waals surface area contributed by atoms with E-state index < -0.39 is 0 Å². The summed E-state index contributed by atoms with van der Waals surface area (Å²) < 4.78 is 19.3. The van der Waals surface area contributed by atoms with Gasteiger partial charge in [-0.25, -0.2) is 14.2 Å². The van der Waals surface area contributed by atoms with E-state index in [1.165, 1.54) is 11.6 Å². The summed E-state index contributed by atoms with van der Waals surface area (Å²) >= 11 is 0. The van der Waals surface area contributed by atoms with Crippen LogP contribution in [0.4, 0.5) is 14.9 Å². The average Bonchev–Trinajstić information content (AvgIpc) is 3.24. The second-order valence-corrected chi connectivity index (χ2v) is 7.89. The third kappa shape index (κ3) is 2.33. The number of hydrogen-bond donors (Lipinski definition) is 1. The van der Waals surface area contributed by atoms with E-state index in [0.717, 1.165) is 45.5 Å². The summed E-state index contributed by atoms with van der Waals surface area (Å²) in [5.74, 6) is -0.248. The van der Waals surface area contributed by atoms with Crippen molar-refractivity contribution in [2.24, 2.45) is 0 Å². The van der Waals surface area contributed by atoms with Crippen molar-refractivity contribution < 1.29 is 13.9 Å². The van der Waals surface area contributed by atoms with Crippen molar-refractivity contribution in [3.8, 4) is 11.1 Å². The van der Waals surface area contributed by atoms with Crippen molar-refractivity contribution in [2.75, 3.05) is 25.1 Å². The van der Waals surface area contributed by atoms with E-state index in [-0.39, 0.29) is 18.0 Å². The Morgan fingerprint density at radius 2 is 2.17 bits per heavy atom. The van der Waals surface area contributed by atoms with Gasteiger partial charge < -0.3 is 14.6 Å². The monoisotopic (exact) mass is 390 g/mol. The van der Waals surface area contributed by atoms with E-state index in [4.69, 9.17) is 4.74 Å². The highest BCUT2D eigenvalue weighted by Gasteiger charge is 2.36. The van der Waals surface area contributed by atoms with Gasteiger partial charge in [0.15, 0.2) is 0 Å². The molecule has 1 aromatic carbocycles. The third-order valence-corrected chi connectivity index (χ3v) is 6.24. The highest BCUT2D eigenvalue weighted by atomic mass is 19.1. The number of cyclic esters (lactones) is 1. The molecule has 7 heteroatoms. The summed E-state index contributed by atoms with van der Waals surface area (Å²) in [5.41, 5.74) is 7.06. The lowest BCUT2D eigenvalue weighted by Gasteiger charge is -2.27. The molecule has 146 valence electrons. The van der Waals surface area contributed by atoms with Crippen LogP contribution in [-0.4, -0.2) is 47.2 Å². The molecular formula is C22H19FN4O2. The molecule has 3 aliphatic heterocycles. The minimum atomic E-state index is -0.248. The van der Waals surface area contributed by atoms with Crippen molar-refractivity contribution in [2.45, 2.75) is 19.0 Å². The van der Waals surface area contributed by atoms with Crippen LogP contribution in [0.25, 0.3) is 27.7 Å². The van der Waals surface area contributed by atoms with Gasteiger partial charge in [-0.1, -0.05) is 6.08 Å².